The van der Waals surface area contributed by atoms with Crippen molar-refractivity contribution in [3.05, 3.63) is 12.2 Å². The normalized spacial score (nSPS) is 13.0. The lowest BCUT2D eigenvalue weighted by Crippen LogP contribution is -2.29. The van der Waals surface area contributed by atoms with Crippen molar-refractivity contribution in [1.29, 1.82) is 0 Å². The molecule has 10 heteroatoms. The summed E-state index contributed by atoms with van der Waals surface area (Å²) in [7, 11) is -4.38. The number of hydrogen-bond donors (Lipinski definition) is 2. The van der Waals surface area contributed by atoms with Crippen LogP contribution in [0.4, 0.5) is 0 Å². The van der Waals surface area contributed by atoms with Crippen LogP contribution in [0.15, 0.2) is 12.2 Å². The lowest BCUT2D eigenvalue weighted by atomic mass is 10.0. The molecule has 0 spiro atoms. The van der Waals surface area contributed by atoms with Crippen molar-refractivity contribution in [2.75, 3.05) is 26.4 Å². The first-order valence-corrected chi connectivity index (χ1v) is 33.2. The van der Waals surface area contributed by atoms with Gasteiger partial charge >= 0.3 is 19.8 Å². The van der Waals surface area contributed by atoms with Crippen LogP contribution >= 0.6 is 7.82 Å². The van der Waals surface area contributed by atoms with Crippen LogP contribution in [-0.2, 0) is 32.7 Å². The number of rotatable bonds is 61. The summed E-state index contributed by atoms with van der Waals surface area (Å²) in [4.78, 5) is 35.1. The molecule has 0 aromatic heterocycles. The zero-order chi connectivity index (χ0) is 52.4. The van der Waals surface area contributed by atoms with Crippen molar-refractivity contribution >= 4 is 19.8 Å². The molecule has 0 aromatic rings. The zero-order valence-corrected chi connectivity index (χ0v) is 48.8. The second-order valence-electron chi connectivity index (χ2n) is 21.6. The molecular formula is C62H122NO8P. The molecule has 9 nitrogen and oxygen atoms in total. The number of phosphoric ester groups is 1. The van der Waals surface area contributed by atoms with E-state index < -0.39 is 26.5 Å². The summed E-state index contributed by atoms with van der Waals surface area (Å²) in [6.45, 7) is 3.79. The fourth-order valence-electron chi connectivity index (χ4n) is 9.69. The van der Waals surface area contributed by atoms with Crippen LogP contribution in [0.25, 0.3) is 0 Å². The maximum absolute atomic E-state index is 12.7. The predicted octanol–water partition coefficient (Wildman–Crippen LogP) is 20.0. The van der Waals surface area contributed by atoms with Gasteiger partial charge in [-0.1, -0.05) is 302 Å². The molecular weight excluding hydrogens is 918 g/mol. The van der Waals surface area contributed by atoms with Crippen LogP contribution in [0.1, 0.15) is 341 Å². The second-order valence-corrected chi connectivity index (χ2v) is 23.1. The van der Waals surface area contributed by atoms with E-state index in [1.54, 1.807) is 0 Å². The Morgan fingerprint density at radius 2 is 0.681 bits per heavy atom. The van der Waals surface area contributed by atoms with Gasteiger partial charge in [-0.3, -0.25) is 18.6 Å². The number of ether oxygens (including phenoxy) is 2. The molecule has 0 saturated carbocycles. The van der Waals surface area contributed by atoms with E-state index in [4.69, 9.17) is 24.3 Å². The SMILES string of the molecule is CCCCCCCCCC/C=C\CCCCCCCCCCCCCCCCCCCCCCCCCCCCCC(=O)OC(COC(=O)CCCCCCCCCCCCCC)COP(=O)(O)OCCN. The third-order valence-electron chi connectivity index (χ3n) is 14.4. The molecule has 2 atom stereocenters. The number of carbonyl (C=O) groups is 2. The lowest BCUT2D eigenvalue weighted by Gasteiger charge is -2.19. The summed E-state index contributed by atoms with van der Waals surface area (Å²) in [6.07, 6.45) is 68.9. The van der Waals surface area contributed by atoms with E-state index in [9.17, 15) is 19.0 Å². The third-order valence-corrected chi connectivity index (χ3v) is 15.4. The first-order valence-electron chi connectivity index (χ1n) is 31.7. The summed E-state index contributed by atoms with van der Waals surface area (Å²) in [5.41, 5.74) is 5.38. The first-order chi connectivity index (χ1) is 35.3. The van der Waals surface area contributed by atoms with Crippen LogP contribution in [0.5, 0.6) is 0 Å². The van der Waals surface area contributed by atoms with E-state index in [1.165, 1.54) is 276 Å². The van der Waals surface area contributed by atoms with Gasteiger partial charge in [-0.25, -0.2) is 4.57 Å². The molecule has 0 radical (unpaired) electrons. The highest BCUT2D eigenvalue weighted by Crippen LogP contribution is 2.43. The molecule has 0 amide bonds. The van der Waals surface area contributed by atoms with Crippen molar-refractivity contribution in [1.82, 2.24) is 0 Å². The lowest BCUT2D eigenvalue weighted by molar-refractivity contribution is -0.161. The van der Waals surface area contributed by atoms with Gasteiger partial charge in [0.2, 0.25) is 0 Å². The van der Waals surface area contributed by atoms with Gasteiger partial charge in [0, 0.05) is 19.4 Å². The highest BCUT2D eigenvalue weighted by Gasteiger charge is 2.26. The van der Waals surface area contributed by atoms with Crippen LogP contribution in [0.2, 0.25) is 0 Å². The number of unbranched alkanes of at least 4 members (excludes halogenated alkanes) is 46. The highest BCUT2D eigenvalue weighted by molar-refractivity contribution is 7.47. The molecule has 0 aliphatic rings. The van der Waals surface area contributed by atoms with Gasteiger partial charge in [0.05, 0.1) is 13.2 Å². The number of phosphoric acid groups is 1. The Balaban J connectivity index is 3.69. The van der Waals surface area contributed by atoms with Gasteiger partial charge in [-0.05, 0) is 38.5 Å². The van der Waals surface area contributed by atoms with Crippen LogP contribution in [-0.4, -0.2) is 49.3 Å². The number of carbonyl (C=O) groups excluding carboxylic acids is 2. The Bertz CT molecular complexity index is 1190. The van der Waals surface area contributed by atoms with E-state index in [2.05, 4.69) is 26.0 Å². The van der Waals surface area contributed by atoms with E-state index >= 15 is 0 Å². The number of nitrogens with two attached hydrogens (primary N) is 1. The van der Waals surface area contributed by atoms with Gasteiger partial charge < -0.3 is 20.1 Å². The molecule has 0 heterocycles. The number of esters is 2. The standard InChI is InChI=1S/C62H122NO8P/c1-3-5-7-9-11-13-15-17-18-19-20-21-22-23-24-25-26-27-28-29-30-31-32-33-34-35-36-37-38-39-40-41-42-43-45-47-49-51-53-55-62(65)71-60(59-70-72(66,67)69-57-56-63)58-68-61(64)54-52-50-48-46-44-16-14-12-10-8-6-4-2/h19-20,60H,3-18,21-59,63H2,1-2H3,(H,66,67)/b20-19-. The monoisotopic (exact) mass is 1040 g/mol. The van der Waals surface area contributed by atoms with E-state index in [0.717, 1.165) is 32.1 Å². The van der Waals surface area contributed by atoms with Crippen LogP contribution < -0.4 is 5.73 Å². The maximum Gasteiger partial charge on any atom is 0.472 e. The van der Waals surface area contributed by atoms with E-state index in [1.807, 2.05) is 0 Å². The molecule has 0 aliphatic carbocycles. The van der Waals surface area contributed by atoms with Crippen LogP contribution in [0.3, 0.4) is 0 Å². The summed E-state index contributed by atoms with van der Waals surface area (Å²) < 4.78 is 33.0. The van der Waals surface area contributed by atoms with Crippen molar-refractivity contribution < 1.29 is 37.6 Å². The summed E-state index contributed by atoms with van der Waals surface area (Å²) in [6, 6.07) is 0. The Hall–Kier alpha value is -1.25. The van der Waals surface area contributed by atoms with Gasteiger partial charge in [0.15, 0.2) is 6.10 Å². The molecule has 0 aliphatic heterocycles. The minimum absolute atomic E-state index is 0.0578. The Morgan fingerprint density at radius 3 is 0.986 bits per heavy atom. The largest absolute Gasteiger partial charge is 0.472 e. The molecule has 428 valence electrons. The Kier molecular flexibility index (Phi) is 58.0. The fraction of sp³-hybridized carbons (Fsp3) is 0.935. The summed E-state index contributed by atoms with van der Waals surface area (Å²) in [5.74, 6) is -0.808. The molecule has 0 aromatic carbocycles. The highest BCUT2D eigenvalue weighted by atomic mass is 31.2. The van der Waals surface area contributed by atoms with E-state index in [-0.39, 0.29) is 38.6 Å². The smallest absolute Gasteiger partial charge is 0.462 e. The average molecular weight is 1040 g/mol. The van der Waals surface area contributed by atoms with Crippen LogP contribution in [0, 0.1) is 0 Å². The van der Waals surface area contributed by atoms with Gasteiger partial charge in [-0.2, -0.15) is 0 Å². The summed E-state index contributed by atoms with van der Waals surface area (Å²) in [5, 5.41) is 0. The third kappa shape index (κ3) is 58.0. The predicted molar refractivity (Wildman–Crippen MR) is 308 cm³/mol. The average Bonchev–Trinajstić information content (AvgIpc) is 3.37. The molecule has 3 N–H and O–H groups in total. The zero-order valence-electron chi connectivity index (χ0n) is 48.0. The Labute approximate surface area is 447 Å². The topological polar surface area (TPSA) is 134 Å². The molecule has 2 unspecified atom stereocenters. The Morgan fingerprint density at radius 1 is 0.403 bits per heavy atom. The van der Waals surface area contributed by atoms with Crippen molar-refractivity contribution in [3.63, 3.8) is 0 Å². The fourth-order valence-corrected chi connectivity index (χ4v) is 10.5. The quantitative estimate of drug-likeness (QED) is 0.0264. The molecule has 0 saturated heterocycles. The van der Waals surface area contributed by atoms with Crippen molar-refractivity contribution in [3.8, 4) is 0 Å². The molecule has 0 bridgehead atoms. The summed E-state index contributed by atoms with van der Waals surface area (Å²) >= 11 is 0. The molecule has 0 fully saturated rings. The number of allylic oxidation sites excluding steroid dienone is 2. The van der Waals surface area contributed by atoms with E-state index in [0.29, 0.717) is 6.42 Å². The van der Waals surface area contributed by atoms with Crippen molar-refractivity contribution in [2.45, 2.75) is 347 Å². The minimum atomic E-state index is -4.38. The van der Waals surface area contributed by atoms with Gasteiger partial charge in [-0.15, -0.1) is 0 Å². The van der Waals surface area contributed by atoms with Gasteiger partial charge in [0.25, 0.3) is 0 Å². The molecule has 72 heavy (non-hydrogen) atoms. The second kappa shape index (κ2) is 59.0. The minimum Gasteiger partial charge on any atom is -0.462 e. The number of hydrogen-bond acceptors (Lipinski definition) is 8. The molecule has 0 rings (SSSR count). The first kappa shape index (κ1) is 70.8. The maximum atomic E-state index is 12.7. The van der Waals surface area contributed by atoms with Crippen molar-refractivity contribution in [2.24, 2.45) is 5.73 Å². The van der Waals surface area contributed by atoms with Gasteiger partial charge in [0.1, 0.15) is 6.61 Å².